The maximum atomic E-state index is 12.2. The van der Waals surface area contributed by atoms with Crippen molar-refractivity contribution in [2.24, 2.45) is 0 Å². The van der Waals surface area contributed by atoms with Crippen molar-refractivity contribution in [3.63, 3.8) is 0 Å². The quantitative estimate of drug-likeness (QED) is 0.768. The summed E-state index contributed by atoms with van der Waals surface area (Å²) in [6.07, 6.45) is 3.27. The van der Waals surface area contributed by atoms with Crippen molar-refractivity contribution in [1.29, 1.82) is 0 Å². The first-order chi connectivity index (χ1) is 11.1. The van der Waals surface area contributed by atoms with Gasteiger partial charge in [-0.05, 0) is 36.4 Å². The Labute approximate surface area is 133 Å². The molecule has 0 aliphatic rings. The standard InChI is InChI=1S/C15H17N7O/c1-11(2)21-10-12(8-17-21)15(23)16-9-14-18-19-20-22(14)13-6-4-3-5-7-13/h3-8,10-11H,9H2,1-2H3,(H,16,23). The lowest BCUT2D eigenvalue weighted by Crippen LogP contribution is -2.24. The third-order valence-corrected chi connectivity index (χ3v) is 3.33. The summed E-state index contributed by atoms with van der Waals surface area (Å²) in [5.74, 6) is 0.348. The molecule has 0 bridgehead atoms. The summed E-state index contributed by atoms with van der Waals surface area (Å²) in [6, 6.07) is 9.73. The Bertz CT molecular complexity index is 791. The van der Waals surface area contributed by atoms with Gasteiger partial charge in [-0.15, -0.1) is 5.10 Å². The van der Waals surface area contributed by atoms with Crippen LogP contribution < -0.4 is 5.32 Å². The van der Waals surface area contributed by atoms with Crippen LogP contribution in [0.4, 0.5) is 0 Å². The van der Waals surface area contributed by atoms with Crippen LogP contribution in [0.5, 0.6) is 0 Å². The largest absolute Gasteiger partial charge is 0.345 e. The molecule has 0 saturated carbocycles. The fourth-order valence-electron chi connectivity index (χ4n) is 2.08. The molecule has 0 spiro atoms. The summed E-state index contributed by atoms with van der Waals surface area (Å²) in [4.78, 5) is 12.2. The molecule has 0 atom stereocenters. The average molecular weight is 311 g/mol. The second-order valence-corrected chi connectivity index (χ2v) is 5.33. The first-order valence-corrected chi connectivity index (χ1v) is 7.30. The third-order valence-electron chi connectivity index (χ3n) is 3.33. The number of para-hydroxylation sites is 1. The summed E-state index contributed by atoms with van der Waals surface area (Å²) >= 11 is 0. The highest BCUT2D eigenvalue weighted by Crippen LogP contribution is 2.08. The predicted molar refractivity (Wildman–Crippen MR) is 82.9 cm³/mol. The Morgan fingerprint density at radius 1 is 1.26 bits per heavy atom. The normalized spacial score (nSPS) is 10.9. The van der Waals surface area contributed by atoms with E-state index in [-0.39, 0.29) is 18.5 Å². The zero-order chi connectivity index (χ0) is 16.2. The molecule has 23 heavy (non-hydrogen) atoms. The molecule has 1 N–H and O–H groups in total. The lowest BCUT2D eigenvalue weighted by molar-refractivity contribution is 0.0949. The SMILES string of the molecule is CC(C)n1cc(C(=O)NCc2nnnn2-c2ccccc2)cn1. The highest BCUT2D eigenvalue weighted by Gasteiger charge is 2.13. The molecular formula is C15H17N7O. The van der Waals surface area contributed by atoms with Crippen molar-refractivity contribution in [3.8, 4) is 5.69 Å². The van der Waals surface area contributed by atoms with Gasteiger partial charge in [0.2, 0.25) is 0 Å². The minimum absolute atomic E-state index is 0.209. The molecule has 3 rings (SSSR count). The molecule has 2 aromatic heterocycles. The number of carbonyl (C=O) groups excluding carboxylic acids is 1. The number of tetrazole rings is 1. The van der Waals surface area contributed by atoms with Gasteiger partial charge < -0.3 is 5.32 Å². The molecule has 0 fully saturated rings. The summed E-state index contributed by atoms with van der Waals surface area (Å²) < 4.78 is 3.33. The second-order valence-electron chi connectivity index (χ2n) is 5.33. The monoisotopic (exact) mass is 311 g/mol. The lowest BCUT2D eigenvalue weighted by Gasteiger charge is -2.05. The van der Waals surface area contributed by atoms with E-state index in [1.807, 2.05) is 44.2 Å². The molecule has 0 aliphatic heterocycles. The van der Waals surface area contributed by atoms with Crippen LogP contribution in [0.3, 0.4) is 0 Å². The molecule has 1 amide bonds. The third kappa shape index (κ3) is 3.25. The van der Waals surface area contributed by atoms with Gasteiger partial charge in [-0.2, -0.15) is 9.78 Å². The van der Waals surface area contributed by atoms with Crippen LogP contribution in [0.2, 0.25) is 0 Å². The summed E-state index contributed by atoms with van der Waals surface area (Å²) in [5.41, 5.74) is 1.35. The van der Waals surface area contributed by atoms with E-state index >= 15 is 0 Å². The molecule has 2 heterocycles. The minimum atomic E-state index is -0.209. The Balaban J connectivity index is 1.69. The van der Waals surface area contributed by atoms with Gasteiger partial charge in [-0.25, -0.2) is 0 Å². The number of benzene rings is 1. The van der Waals surface area contributed by atoms with Gasteiger partial charge in [0.05, 0.1) is 24.0 Å². The number of carbonyl (C=O) groups is 1. The molecule has 118 valence electrons. The second kappa shape index (κ2) is 6.39. The fourth-order valence-corrected chi connectivity index (χ4v) is 2.08. The van der Waals surface area contributed by atoms with Gasteiger partial charge in [0.25, 0.3) is 5.91 Å². The van der Waals surface area contributed by atoms with Gasteiger partial charge in [-0.1, -0.05) is 18.2 Å². The van der Waals surface area contributed by atoms with Crippen LogP contribution in [0.15, 0.2) is 42.7 Å². The molecule has 8 heteroatoms. The van der Waals surface area contributed by atoms with Gasteiger partial charge in [0.15, 0.2) is 5.82 Å². The van der Waals surface area contributed by atoms with Gasteiger partial charge in [0, 0.05) is 12.2 Å². The smallest absolute Gasteiger partial charge is 0.254 e. The number of amides is 1. The van der Waals surface area contributed by atoms with E-state index in [1.54, 1.807) is 21.8 Å². The molecule has 0 aliphatic carbocycles. The van der Waals surface area contributed by atoms with Crippen molar-refractivity contribution in [1.82, 2.24) is 35.3 Å². The van der Waals surface area contributed by atoms with Crippen molar-refractivity contribution in [2.75, 3.05) is 0 Å². The molecule has 0 unspecified atom stereocenters. The van der Waals surface area contributed by atoms with Crippen molar-refractivity contribution >= 4 is 5.91 Å². The number of aromatic nitrogens is 6. The summed E-state index contributed by atoms with van der Waals surface area (Å²) in [6.45, 7) is 4.24. The van der Waals surface area contributed by atoms with Gasteiger partial charge in [-0.3, -0.25) is 9.48 Å². The highest BCUT2D eigenvalue weighted by molar-refractivity contribution is 5.93. The van der Waals surface area contributed by atoms with Crippen LogP contribution in [0, 0.1) is 0 Å². The van der Waals surface area contributed by atoms with Crippen molar-refractivity contribution in [3.05, 3.63) is 54.1 Å². The van der Waals surface area contributed by atoms with Crippen molar-refractivity contribution in [2.45, 2.75) is 26.4 Å². The molecule has 0 radical (unpaired) electrons. The number of rotatable bonds is 5. The Morgan fingerprint density at radius 3 is 2.74 bits per heavy atom. The van der Waals surface area contributed by atoms with E-state index in [1.165, 1.54) is 0 Å². The predicted octanol–water partition coefficient (Wildman–Crippen LogP) is 1.37. The summed E-state index contributed by atoms with van der Waals surface area (Å²) in [7, 11) is 0. The molecule has 3 aromatic rings. The fraction of sp³-hybridized carbons (Fsp3) is 0.267. The van der Waals surface area contributed by atoms with Crippen LogP contribution >= 0.6 is 0 Å². The average Bonchev–Trinajstić information content (AvgIpc) is 3.22. The molecule has 1 aromatic carbocycles. The van der Waals surface area contributed by atoms with E-state index in [0.29, 0.717) is 11.4 Å². The van der Waals surface area contributed by atoms with E-state index in [2.05, 4.69) is 25.9 Å². The Kier molecular flexibility index (Phi) is 4.13. The maximum absolute atomic E-state index is 12.2. The Hall–Kier alpha value is -3.03. The van der Waals surface area contributed by atoms with E-state index in [0.717, 1.165) is 5.69 Å². The lowest BCUT2D eigenvalue weighted by atomic mass is 10.3. The topological polar surface area (TPSA) is 90.5 Å². The molecular weight excluding hydrogens is 294 g/mol. The number of nitrogens with zero attached hydrogens (tertiary/aromatic N) is 6. The zero-order valence-corrected chi connectivity index (χ0v) is 12.9. The van der Waals surface area contributed by atoms with Crippen LogP contribution in [0.1, 0.15) is 36.1 Å². The van der Waals surface area contributed by atoms with Crippen LogP contribution in [-0.2, 0) is 6.54 Å². The van der Waals surface area contributed by atoms with E-state index in [4.69, 9.17) is 0 Å². The summed E-state index contributed by atoms with van der Waals surface area (Å²) in [5, 5.41) is 18.5. The number of nitrogens with one attached hydrogen (secondary N) is 1. The number of hydrogen-bond acceptors (Lipinski definition) is 5. The number of hydrogen-bond donors (Lipinski definition) is 1. The molecule has 8 nitrogen and oxygen atoms in total. The van der Waals surface area contributed by atoms with E-state index < -0.39 is 0 Å². The first kappa shape index (κ1) is 14.9. The van der Waals surface area contributed by atoms with Gasteiger partial charge in [0.1, 0.15) is 0 Å². The maximum Gasteiger partial charge on any atom is 0.254 e. The zero-order valence-electron chi connectivity index (χ0n) is 12.9. The Morgan fingerprint density at radius 2 is 2.04 bits per heavy atom. The highest BCUT2D eigenvalue weighted by atomic mass is 16.1. The first-order valence-electron chi connectivity index (χ1n) is 7.30. The minimum Gasteiger partial charge on any atom is -0.345 e. The molecule has 0 saturated heterocycles. The van der Waals surface area contributed by atoms with Crippen molar-refractivity contribution < 1.29 is 4.79 Å². The van der Waals surface area contributed by atoms with Crippen LogP contribution in [-0.4, -0.2) is 35.9 Å². The van der Waals surface area contributed by atoms with E-state index in [9.17, 15) is 4.79 Å². The van der Waals surface area contributed by atoms with Gasteiger partial charge >= 0.3 is 0 Å². The van der Waals surface area contributed by atoms with Crippen LogP contribution in [0.25, 0.3) is 5.69 Å².